The number of aromatic nitrogens is 1. The number of pyridine rings is 1. The van der Waals surface area contributed by atoms with E-state index in [1.54, 1.807) is 6.20 Å². The molecule has 0 aliphatic rings. The maximum Gasteiger partial charge on any atom is 0.199 e. The molecule has 0 radical (unpaired) electrons. The number of fused-ring (bicyclic) bond motifs is 1. The molecule has 0 bridgehead atoms. The van der Waals surface area contributed by atoms with Crippen molar-refractivity contribution >= 4 is 28.8 Å². The summed E-state index contributed by atoms with van der Waals surface area (Å²) in [7, 11) is 0. The zero-order valence-corrected chi connectivity index (χ0v) is 17.5. The van der Waals surface area contributed by atoms with Crippen molar-refractivity contribution in [2.75, 3.05) is 0 Å². The van der Waals surface area contributed by atoms with E-state index >= 15 is 0 Å². The monoisotopic (exact) mass is 415 g/mol. The number of hydrogen-bond acceptors (Lipinski definition) is 2. The molecule has 1 heterocycles. The molecular weight excluding hydrogens is 394 g/mol. The summed E-state index contributed by atoms with van der Waals surface area (Å²) in [5.74, 6) is 0. The summed E-state index contributed by atoms with van der Waals surface area (Å²) in [5.41, 5.74) is 5.04. The highest BCUT2D eigenvalue weighted by molar-refractivity contribution is 6.32. The van der Waals surface area contributed by atoms with Gasteiger partial charge < -0.3 is 4.57 Å². The largest absolute Gasteiger partial charge is 0.346 e. The quantitative estimate of drug-likeness (QED) is 0.384. The van der Waals surface area contributed by atoms with Crippen molar-refractivity contribution in [2.24, 2.45) is 0 Å². The van der Waals surface area contributed by atoms with E-state index in [-0.39, 0.29) is 11.0 Å². The van der Waals surface area contributed by atoms with Gasteiger partial charge in [0.25, 0.3) is 0 Å². The fourth-order valence-electron chi connectivity index (χ4n) is 3.80. The van der Waals surface area contributed by atoms with E-state index in [4.69, 9.17) is 11.6 Å². The molecule has 4 aromatic rings. The number of halogens is 1. The number of carbonyl (C=O) groups is 1. The highest BCUT2D eigenvalue weighted by Crippen LogP contribution is 2.24. The Kier molecular flexibility index (Phi) is 5.82. The average molecular weight is 416 g/mol. The van der Waals surface area contributed by atoms with Crippen LogP contribution in [0.25, 0.3) is 10.9 Å². The Labute approximate surface area is 180 Å². The van der Waals surface area contributed by atoms with E-state index in [1.165, 1.54) is 5.56 Å². The molecule has 0 saturated heterocycles. The minimum absolute atomic E-state index is 0.182. The predicted molar refractivity (Wildman–Crippen MR) is 123 cm³/mol. The van der Waals surface area contributed by atoms with Crippen LogP contribution in [0.3, 0.4) is 0 Å². The van der Waals surface area contributed by atoms with Crippen molar-refractivity contribution < 1.29 is 4.79 Å². The van der Waals surface area contributed by atoms with Crippen molar-refractivity contribution in [1.29, 1.82) is 0 Å². The first-order chi connectivity index (χ1) is 14.6. The molecule has 150 valence electrons. The predicted octanol–water partition coefficient (Wildman–Crippen LogP) is 5.61. The van der Waals surface area contributed by atoms with Gasteiger partial charge >= 0.3 is 0 Å². The molecule has 0 unspecified atom stereocenters. The van der Waals surface area contributed by atoms with Crippen molar-refractivity contribution in [2.45, 2.75) is 26.3 Å². The molecule has 3 nitrogen and oxygen atoms in total. The van der Waals surface area contributed by atoms with E-state index in [0.29, 0.717) is 24.6 Å². The van der Waals surface area contributed by atoms with Gasteiger partial charge in [-0.2, -0.15) is 0 Å². The average Bonchev–Trinajstić information content (AvgIpc) is 2.77. The lowest BCUT2D eigenvalue weighted by Gasteiger charge is -2.14. The number of rotatable bonds is 6. The standard InChI is InChI=1S/C26H22ClNO2/c1-18-6-5-9-21(25(18)27)14-20-10-11-24-23(15-20)26(30)22(17-29)16-28(24)13-12-19-7-3-2-4-8-19/h2-11,15-17H,12-14H2,1H3. The maximum absolute atomic E-state index is 12.8. The summed E-state index contributed by atoms with van der Waals surface area (Å²) in [6.45, 7) is 2.67. The summed E-state index contributed by atoms with van der Waals surface area (Å²) in [4.78, 5) is 24.4. The lowest BCUT2D eigenvalue weighted by atomic mass is 10.0. The van der Waals surface area contributed by atoms with E-state index in [0.717, 1.165) is 33.7 Å². The molecule has 4 heteroatoms. The molecule has 30 heavy (non-hydrogen) atoms. The van der Waals surface area contributed by atoms with Crippen LogP contribution in [0.2, 0.25) is 5.02 Å². The number of hydrogen-bond donors (Lipinski definition) is 0. The number of benzene rings is 3. The summed E-state index contributed by atoms with van der Waals surface area (Å²) < 4.78 is 2.00. The van der Waals surface area contributed by atoms with Gasteiger partial charge in [-0.05, 0) is 54.2 Å². The Morgan fingerprint density at radius 3 is 2.53 bits per heavy atom. The van der Waals surface area contributed by atoms with Crippen LogP contribution >= 0.6 is 11.6 Å². The lowest BCUT2D eigenvalue weighted by Crippen LogP contribution is -2.15. The van der Waals surface area contributed by atoms with Gasteiger partial charge in [0, 0.05) is 23.2 Å². The van der Waals surface area contributed by atoms with Crippen molar-refractivity contribution in [1.82, 2.24) is 4.57 Å². The molecule has 3 aromatic carbocycles. The number of aldehydes is 1. The maximum atomic E-state index is 12.8. The van der Waals surface area contributed by atoms with Gasteiger partial charge in [-0.1, -0.05) is 66.2 Å². The minimum atomic E-state index is -0.229. The normalized spacial score (nSPS) is 11.0. The van der Waals surface area contributed by atoms with Gasteiger partial charge in [0.05, 0.1) is 11.1 Å². The van der Waals surface area contributed by atoms with Crippen molar-refractivity contribution in [3.63, 3.8) is 0 Å². The van der Waals surface area contributed by atoms with E-state index < -0.39 is 0 Å². The molecule has 0 fully saturated rings. The fraction of sp³-hybridized carbons (Fsp3) is 0.154. The molecule has 0 aliphatic heterocycles. The third-order valence-electron chi connectivity index (χ3n) is 5.45. The molecule has 0 amide bonds. The molecule has 0 N–H and O–H groups in total. The number of carbonyl (C=O) groups excluding carboxylic acids is 1. The van der Waals surface area contributed by atoms with Gasteiger partial charge in [0.15, 0.2) is 11.7 Å². The molecule has 0 aliphatic carbocycles. The first kappa shape index (κ1) is 20.1. The minimum Gasteiger partial charge on any atom is -0.346 e. The Morgan fingerprint density at radius 1 is 0.967 bits per heavy atom. The first-order valence-corrected chi connectivity index (χ1v) is 10.3. The zero-order chi connectivity index (χ0) is 21.1. The summed E-state index contributed by atoms with van der Waals surface area (Å²) in [5, 5.41) is 1.31. The third-order valence-corrected chi connectivity index (χ3v) is 5.99. The van der Waals surface area contributed by atoms with E-state index in [9.17, 15) is 9.59 Å². The van der Waals surface area contributed by atoms with Crippen molar-refractivity contribution in [3.8, 4) is 0 Å². The van der Waals surface area contributed by atoms with Crippen LogP contribution in [0.1, 0.15) is 32.6 Å². The summed E-state index contributed by atoms with van der Waals surface area (Å²) >= 11 is 6.45. The highest BCUT2D eigenvalue weighted by atomic mass is 35.5. The van der Waals surface area contributed by atoms with E-state index in [2.05, 4.69) is 12.1 Å². The number of nitrogens with zero attached hydrogens (tertiary/aromatic N) is 1. The van der Waals surface area contributed by atoms with Gasteiger partial charge in [-0.25, -0.2) is 0 Å². The van der Waals surface area contributed by atoms with Crippen LogP contribution in [0.5, 0.6) is 0 Å². The van der Waals surface area contributed by atoms with Crippen LogP contribution < -0.4 is 5.43 Å². The second-order valence-electron chi connectivity index (χ2n) is 7.54. The van der Waals surface area contributed by atoms with E-state index in [1.807, 2.05) is 66.1 Å². The molecule has 0 saturated carbocycles. The second-order valence-corrected chi connectivity index (χ2v) is 7.91. The second kappa shape index (κ2) is 8.68. The van der Waals surface area contributed by atoms with Crippen LogP contribution in [-0.2, 0) is 19.4 Å². The smallest absolute Gasteiger partial charge is 0.199 e. The molecule has 0 atom stereocenters. The van der Waals surface area contributed by atoms with Gasteiger partial charge in [-0.3, -0.25) is 9.59 Å². The first-order valence-electron chi connectivity index (χ1n) is 9.96. The fourth-order valence-corrected chi connectivity index (χ4v) is 4.00. The topological polar surface area (TPSA) is 39.1 Å². The Bertz CT molecular complexity index is 1280. The molecule has 4 rings (SSSR count). The molecular formula is C26H22ClNO2. The Balaban J connectivity index is 1.73. The Hall–Kier alpha value is -3.17. The Morgan fingerprint density at radius 2 is 1.77 bits per heavy atom. The summed E-state index contributed by atoms with van der Waals surface area (Å²) in [6, 6.07) is 22.0. The number of aryl methyl sites for hydroxylation is 3. The van der Waals surface area contributed by atoms with Crippen molar-refractivity contribution in [3.05, 3.63) is 116 Å². The highest BCUT2D eigenvalue weighted by Gasteiger charge is 2.11. The van der Waals surface area contributed by atoms with Crippen LogP contribution in [0, 0.1) is 6.92 Å². The molecule has 1 aromatic heterocycles. The molecule has 0 spiro atoms. The van der Waals surface area contributed by atoms with Crippen LogP contribution in [-0.4, -0.2) is 10.9 Å². The van der Waals surface area contributed by atoms with Gasteiger partial charge in [0.2, 0.25) is 0 Å². The van der Waals surface area contributed by atoms with Gasteiger partial charge in [0.1, 0.15) is 0 Å². The van der Waals surface area contributed by atoms with Crippen LogP contribution in [0.4, 0.5) is 0 Å². The summed E-state index contributed by atoms with van der Waals surface area (Å²) in [6.07, 6.45) is 3.76. The SMILES string of the molecule is Cc1cccc(Cc2ccc3c(c2)c(=O)c(C=O)cn3CCc2ccccc2)c1Cl. The van der Waals surface area contributed by atoms with Crippen LogP contribution in [0.15, 0.2) is 77.7 Å². The lowest BCUT2D eigenvalue weighted by molar-refractivity contribution is 0.112. The third kappa shape index (κ3) is 4.07. The zero-order valence-electron chi connectivity index (χ0n) is 16.8. The van der Waals surface area contributed by atoms with Gasteiger partial charge in [-0.15, -0.1) is 0 Å².